The number of nitrogens with zero attached hydrogens (tertiary/aromatic N) is 4. The van der Waals surface area contributed by atoms with Crippen LogP contribution in [0.3, 0.4) is 0 Å². The Morgan fingerprint density at radius 2 is 1.80 bits per heavy atom. The first kappa shape index (κ1) is 31.7. The lowest BCUT2D eigenvalue weighted by Gasteiger charge is -2.28. The lowest BCUT2D eigenvalue weighted by molar-refractivity contribution is -0.160. The Morgan fingerprint density at radius 3 is 2.38 bits per heavy atom. The van der Waals surface area contributed by atoms with Gasteiger partial charge in [-0.05, 0) is 76.2 Å². The molecule has 6 rings (SSSR count). The van der Waals surface area contributed by atoms with E-state index in [0.29, 0.717) is 42.6 Å². The van der Waals surface area contributed by atoms with E-state index in [1.807, 2.05) is 0 Å². The molecular weight excluding hydrogens is 616 g/mol. The number of benzene rings is 1. The number of aliphatic carboxylic acids is 1. The number of likely N-dealkylation sites (tertiary alicyclic amines) is 1. The highest BCUT2D eigenvalue weighted by Gasteiger charge is 2.65. The Bertz CT molecular complexity index is 1580. The van der Waals surface area contributed by atoms with Gasteiger partial charge in [0.25, 0.3) is 5.91 Å². The van der Waals surface area contributed by atoms with Crippen LogP contribution in [0.2, 0.25) is 5.02 Å². The van der Waals surface area contributed by atoms with E-state index in [0.717, 1.165) is 10.3 Å². The van der Waals surface area contributed by atoms with E-state index >= 15 is 0 Å². The first-order valence-electron chi connectivity index (χ1n) is 15.3. The zero-order chi connectivity index (χ0) is 32.4. The molecule has 8 nitrogen and oxygen atoms in total. The minimum atomic E-state index is -4.58. The third-order valence-corrected chi connectivity index (χ3v) is 10.4. The van der Waals surface area contributed by atoms with Gasteiger partial charge in [-0.15, -0.1) is 0 Å². The Morgan fingerprint density at radius 1 is 1.09 bits per heavy atom. The van der Waals surface area contributed by atoms with Crippen molar-refractivity contribution in [3.8, 4) is 0 Å². The summed E-state index contributed by atoms with van der Waals surface area (Å²) in [4.78, 5) is 42.7. The van der Waals surface area contributed by atoms with Gasteiger partial charge in [0.1, 0.15) is 6.17 Å². The molecule has 242 valence electrons. The number of allylic oxidation sites excluding steroid dienone is 2. The predicted molar refractivity (Wildman–Crippen MR) is 158 cm³/mol. The van der Waals surface area contributed by atoms with Crippen molar-refractivity contribution in [2.45, 2.75) is 75.2 Å². The predicted octanol–water partition coefficient (Wildman–Crippen LogP) is 5.30. The van der Waals surface area contributed by atoms with Gasteiger partial charge in [-0.1, -0.05) is 29.8 Å². The molecule has 1 N–H and O–H groups in total. The molecule has 0 bridgehead atoms. The molecule has 13 heteroatoms. The van der Waals surface area contributed by atoms with E-state index in [9.17, 15) is 37.1 Å². The molecule has 4 atom stereocenters. The number of alkyl halides is 4. The number of fused-ring (bicyclic) bond motifs is 1. The Hall–Kier alpha value is -3.25. The Labute approximate surface area is 263 Å². The SMILES string of the molecule is CN(C)[C@H]1CN(C(=O)C2CCc3c(C4=CCC(C(=O)O)CC4)nn(C(=O)c4c(Cl)cccc4C4(C(F)(F)F)CC4)c3C2)C[C@H]1F. The van der Waals surface area contributed by atoms with Crippen molar-refractivity contribution in [1.29, 1.82) is 0 Å². The fraction of sp³-hybridized carbons (Fsp3) is 0.562. The van der Waals surface area contributed by atoms with Gasteiger partial charge in [0, 0.05) is 24.4 Å². The maximum Gasteiger partial charge on any atom is 0.398 e. The van der Waals surface area contributed by atoms with Crippen LogP contribution < -0.4 is 0 Å². The van der Waals surface area contributed by atoms with Gasteiger partial charge in [0.15, 0.2) is 0 Å². The number of hydrogen-bond acceptors (Lipinski definition) is 5. The highest BCUT2D eigenvalue weighted by molar-refractivity contribution is 6.34. The van der Waals surface area contributed by atoms with Crippen LogP contribution >= 0.6 is 11.6 Å². The van der Waals surface area contributed by atoms with Crippen molar-refractivity contribution in [1.82, 2.24) is 19.6 Å². The van der Waals surface area contributed by atoms with E-state index in [1.165, 1.54) is 23.1 Å². The lowest BCUT2D eigenvalue weighted by Crippen LogP contribution is -2.40. The van der Waals surface area contributed by atoms with Crippen LogP contribution in [0, 0.1) is 11.8 Å². The van der Waals surface area contributed by atoms with Crippen LogP contribution in [0.25, 0.3) is 5.57 Å². The van der Waals surface area contributed by atoms with E-state index in [4.69, 9.17) is 11.6 Å². The number of hydrogen-bond donors (Lipinski definition) is 1. The summed E-state index contributed by atoms with van der Waals surface area (Å²) >= 11 is 6.46. The molecule has 2 unspecified atom stereocenters. The second kappa shape index (κ2) is 11.5. The maximum atomic E-state index is 14.7. The molecule has 2 aromatic rings. The van der Waals surface area contributed by atoms with Crippen molar-refractivity contribution in [3.63, 3.8) is 0 Å². The third kappa shape index (κ3) is 5.47. The van der Waals surface area contributed by atoms with E-state index in [2.05, 4.69) is 5.10 Å². The number of halogens is 5. The molecule has 1 aliphatic heterocycles. The van der Waals surface area contributed by atoms with Gasteiger partial charge in [-0.2, -0.15) is 23.0 Å². The van der Waals surface area contributed by atoms with Crippen molar-refractivity contribution in [2.24, 2.45) is 11.8 Å². The van der Waals surface area contributed by atoms with Crippen molar-refractivity contribution in [2.75, 3.05) is 27.2 Å². The molecule has 0 spiro atoms. The van der Waals surface area contributed by atoms with Crippen molar-refractivity contribution in [3.05, 3.63) is 57.4 Å². The quantitative estimate of drug-likeness (QED) is 0.427. The van der Waals surface area contributed by atoms with Crippen LogP contribution in [0.1, 0.15) is 71.4 Å². The summed E-state index contributed by atoms with van der Waals surface area (Å²) in [6.07, 6.45) is -2.32. The number of amides is 1. The second-order valence-corrected chi connectivity index (χ2v) is 13.4. The molecule has 4 aliphatic rings. The smallest absolute Gasteiger partial charge is 0.398 e. The molecule has 45 heavy (non-hydrogen) atoms. The molecule has 2 heterocycles. The first-order valence-corrected chi connectivity index (χ1v) is 15.6. The summed E-state index contributed by atoms with van der Waals surface area (Å²) in [5.74, 6) is -3.05. The molecule has 1 saturated carbocycles. The van der Waals surface area contributed by atoms with E-state index in [-0.39, 0.29) is 60.8 Å². The summed E-state index contributed by atoms with van der Waals surface area (Å²) in [6.45, 7) is 0.203. The maximum absolute atomic E-state index is 14.7. The van der Waals surface area contributed by atoms with Crippen LogP contribution in [0.15, 0.2) is 24.3 Å². The molecular formula is C32H35ClF4N4O4. The fourth-order valence-electron chi connectivity index (χ4n) is 7.27. The molecule has 1 amide bonds. The summed E-state index contributed by atoms with van der Waals surface area (Å²) in [6, 6.07) is 3.65. The third-order valence-electron chi connectivity index (χ3n) is 10.1. The molecule has 2 fully saturated rings. The number of likely N-dealkylation sites (N-methyl/N-ethyl adjacent to an activating group) is 1. The highest BCUT2D eigenvalue weighted by Crippen LogP contribution is 2.60. The number of aromatic nitrogens is 2. The van der Waals surface area contributed by atoms with Crippen molar-refractivity contribution < 1.29 is 37.1 Å². The second-order valence-electron chi connectivity index (χ2n) is 13.0. The number of carbonyl (C=O) groups excluding carboxylic acids is 2. The van der Waals surface area contributed by atoms with Crippen LogP contribution in [0.4, 0.5) is 17.6 Å². The van der Waals surface area contributed by atoms with Crippen molar-refractivity contribution >= 4 is 35.0 Å². The van der Waals surface area contributed by atoms with Gasteiger partial charge < -0.3 is 14.9 Å². The summed E-state index contributed by atoms with van der Waals surface area (Å²) in [5, 5.41) is 14.0. The molecule has 1 saturated heterocycles. The van der Waals surface area contributed by atoms with Gasteiger partial charge >= 0.3 is 12.1 Å². The lowest BCUT2D eigenvalue weighted by atomic mass is 9.82. The summed E-state index contributed by atoms with van der Waals surface area (Å²) in [7, 11) is 3.52. The molecule has 1 aromatic heterocycles. The Balaban J connectivity index is 1.40. The van der Waals surface area contributed by atoms with Gasteiger partial charge in [0.2, 0.25) is 5.91 Å². The summed E-state index contributed by atoms with van der Waals surface area (Å²) in [5.41, 5.74) is -0.229. The molecule has 1 aromatic carbocycles. The number of carboxylic acids is 1. The Kier molecular flexibility index (Phi) is 8.12. The van der Waals surface area contributed by atoms with E-state index < -0.39 is 47.5 Å². The van der Waals surface area contributed by atoms with Crippen LogP contribution in [-0.2, 0) is 27.8 Å². The monoisotopic (exact) mass is 650 g/mol. The number of carboxylic acid groups (broad SMARTS) is 1. The van der Waals surface area contributed by atoms with Gasteiger partial charge in [0.05, 0.1) is 45.9 Å². The average Bonchev–Trinajstić information content (AvgIpc) is 3.61. The minimum Gasteiger partial charge on any atom is -0.481 e. The molecule has 3 aliphatic carbocycles. The van der Waals surface area contributed by atoms with Gasteiger partial charge in [-0.25, -0.2) is 4.39 Å². The normalized spacial score (nSPS) is 26.0. The highest BCUT2D eigenvalue weighted by atomic mass is 35.5. The van der Waals surface area contributed by atoms with E-state index in [1.54, 1.807) is 25.1 Å². The zero-order valence-corrected chi connectivity index (χ0v) is 25.8. The number of carbonyl (C=O) groups is 3. The standard InChI is InChI=1S/C32H35ClF4N4O4/c1-39(2)25-16-40(15-23(25)34)28(42)19-10-11-20-24(14-19)41(38-27(20)17-6-8-18(9-7-17)30(44)45)29(43)26-21(4-3-5-22(26)33)31(12-13-31)32(35,36)37/h3-6,18-19,23,25H,7-16H2,1-2H3,(H,44,45)/t18?,19?,23-,25+/m1/s1. The minimum absolute atomic E-state index is 0.0331. The number of rotatable bonds is 6. The zero-order valence-electron chi connectivity index (χ0n) is 25.0. The van der Waals surface area contributed by atoms with Crippen LogP contribution in [0.5, 0.6) is 0 Å². The van der Waals surface area contributed by atoms with Gasteiger partial charge in [-0.3, -0.25) is 14.4 Å². The topological polar surface area (TPSA) is 95.7 Å². The summed E-state index contributed by atoms with van der Waals surface area (Å²) < 4.78 is 58.6. The van der Waals surface area contributed by atoms with Crippen LogP contribution in [-0.4, -0.2) is 88.0 Å². The molecule has 0 radical (unpaired) electrons. The average molecular weight is 651 g/mol. The largest absolute Gasteiger partial charge is 0.481 e. The first-order chi connectivity index (χ1) is 21.2. The fourth-order valence-corrected chi connectivity index (χ4v) is 7.53.